The van der Waals surface area contributed by atoms with Gasteiger partial charge >= 0.3 is 5.97 Å². The summed E-state index contributed by atoms with van der Waals surface area (Å²) >= 11 is 8.87. The number of likely N-dealkylation sites (tertiary alicyclic amines) is 1. The molecule has 0 bridgehead atoms. The van der Waals surface area contributed by atoms with Crippen LogP contribution in [0.3, 0.4) is 0 Å². The smallest absolute Gasteiger partial charge is 0.357 e. The van der Waals surface area contributed by atoms with E-state index in [-0.39, 0.29) is 5.97 Å². The Hall–Kier alpha value is -1.64. The molecule has 1 aliphatic heterocycles. The fraction of sp³-hybridized carbons (Fsp3) is 0.421. The number of aromatic nitrogens is 1. The molecule has 0 radical (unpaired) electrons. The summed E-state index contributed by atoms with van der Waals surface area (Å²) in [5.74, 6) is 0.0333. The van der Waals surface area contributed by atoms with Gasteiger partial charge in [0.25, 0.3) is 0 Å². The molecular formula is C19H23N3O2S3. The summed E-state index contributed by atoms with van der Waals surface area (Å²) in [6.45, 7) is 3.93. The Morgan fingerprint density at radius 2 is 2.15 bits per heavy atom. The van der Waals surface area contributed by atoms with Crippen molar-refractivity contribution in [3.05, 3.63) is 40.3 Å². The first-order valence-corrected chi connectivity index (χ1v) is 11.4. The van der Waals surface area contributed by atoms with Gasteiger partial charge in [-0.3, -0.25) is 0 Å². The zero-order chi connectivity index (χ0) is 19.2. The van der Waals surface area contributed by atoms with Crippen molar-refractivity contribution in [1.29, 1.82) is 0 Å². The lowest BCUT2D eigenvalue weighted by molar-refractivity contribution is 0.0520. The number of thiazole rings is 1. The van der Waals surface area contributed by atoms with Crippen molar-refractivity contribution in [2.24, 2.45) is 0 Å². The number of piperidine rings is 1. The molecule has 3 rings (SSSR count). The maximum atomic E-state index is 11.8. The number of hydrogen-bond donors (Lipinski definition) is 1. The molecule has 0 spiro atoms. The van der Waals surface area contributed by atoms with Crippen molar-refractivity contribution in [3.63, 3.8) is 0 Å². The topological polar surface area (TPSA) is 54.5 Å². The van der Waals surface area contributed by atoms with Crippen LogP contribution < -0.4 is 5.32 Å². The van der Waals surface area contributed by atoms with E-state index in [1.807, 2.05) is 12.1 Å². The monoisotopic (exact) mass is 421 g/mol. The summed E-state index contributed by atoms with van der Waals surface area (Å²) in [4.78, 5) is 19.7. The van der Waals surface area contributed by atoms with Gasteiger partial charge in [0.2, 0.25) is 0 Å². The van der Waals surface area contributed by atoms with Crippen molar-refractivity contribution >= 4 is 52.1 Å². The highest BCUT2D eigenvalue weighted by molar-refractivity contribution is 7.98. The quantitative estimate of drug-likeness (QED) is 0.429. The molecule has 1 fully saturated rings. The molecule has 1 saturated heterocycles. The first-order chi connectivity index (χ1) is 13.1. The second kappa shape index (κ2) is 9.52. The molecule has 2 aromatic rings. The standard InChI is InChI=1S/C19H23N3O2S3/c1-3-24-18(23)15-12-27-17(20-15)13-8-10-22(11-9-13)19(25)21-14-6-4-5-7-16(14)26-2/h4-7,12-13H,3,8-11H2,1-2H3,(H,21,25). The maximum Gasteiger partial charge on any atom is 0.357 e. The van der Waals surface area contributed by atoms with Gasteiger partial charge in [-0.2, -0.15) is 0 Å². The van der Waals surface area contributed by atoms with Crippen LogP contribution in [0.1, 0.15) is 41.2 Å². The van der Waals surface area contributed by atoms with Gasteiger partial charge in [-0.1, -0.05) is 12.1 Å². The summed E-state index contributed by atoms with van der Waals surface area (Å²) in [6.07, 6.45) is 4.01. The van der Waals surface area contributed by atoms with Crippen LogP contribution in [-0.2, 0) is 4.74 Å². The Morgan fingerprint density at radius 3 is 2.85 bits per heavy atom. The number of nitrogens with one attached hydrogen (secondary N) is 1. The zero-order valence-corrected chi connectivity index (χ0v) is 17.9. The van der Waals surface area contributed by atoms with Crippen LogP contribution in [0.25, 0.3) is 0 Å². The molecule has 1 N–H and O–H groups in total. The summed E-state index contributed by atoms with van der Waals surface area (Å²) in [7, 11) is 0. The number of esters is 1. The lowest BCUT2D eigenvalue weighted by Crippen LogP contribution is -2.40. The van der Waals surface area contributed by atoms with E-state index >= 15 is 0 Å². The molecule has 1 aromatic heterocycles. The molecule has 144 valence electrons. The number of hydrogen-bond acceptors (Lipinski definition) is 6. The van der Waals surface area contributed by atoms with E-state index in [9.17, 15) is 4.79 Å². The number of carbonyl (C=O) groups is 1. The largest absolute Gasteiger partial charge is 0.461 e. The molecule has 5 nitrogen and oxygen atoms in total. The van der Waals surface area contributed by atoms with Gasteiger partial charge in [-0.25, -0.2) is 9.78 Å². The van der Waals surface area contributed by atoms with E-state index in [1.54, 1.807) is 35.4 Å². The lowest BCUT2D eigenvalue weighted by Gasteiger charge is -2.33. The van der Waals surface area contributed by atoms with Crippen LogP contribution >= 0.6 is 35.3 Å². The summed E-state index contributed by atoms with van der Waals surface area (Å²) in [5, 5.41) is 6.96. The van der Waals surface area contributed by atoms with E-state index in [1.165, 1.54) is 4.90 Å². The van der Waals surface area contributed by atoms with E-state index in [2.05, 4.69) is 33.6 Å². The Labute approximate surface area is 173 Å². The van der Waals surface area contributed by atoms with Gasteiger partial charge in [-0.05, 0) is 50.4 Å². The van der Waals surface area contributed by atoms with Crippen LogP contribution in [-0.4, -0.2) is 46.9 Å². The Kier molecular flexibility index (Phi) is 7.09. The summed E-state index contributed by atoms with van der Waals surface area (Å²) < 4.78 is 5.02. The minimum atomic E-state index is -0.338. The Bertz CT molecular complexity index is 801. The van der Waals surface area contributed by atoms with Gasteiger partial charge in [-0.15, -0.1) is 23.1 Å². The van der Waals surface area contributed by atoms with Gasteiger partial charge in [0.15, 0.2) is 10.8 Å². The predicted octanol–water partition coefficient (Wildman–Crippen LogP) is 4.62. The van der Waals surface area contributed by atoms with Crippen LogP contribution in [0, 0.1) is 0 Å². The Morgan fingerprint density at radius 1 is 1.41 bits per heavy atom. The fourth-order valence-corrected chi connectivity index (χ4v) is 4.85. The number of para-hydroxylation sites is 1. The van der Waals surface area contributed by atoms with Crippen molar-refractivity contribution < 1.29 is 9.53 Å². The number of nitrogens with zero attached hydrogens (tertiary/aromatic N) is 2. The number of anilines is 1. The summed E-state index contributed by atoms with van der Waals surface area (Å²) in [6, 6.07) is 8.19. The van der Waals surface area contributed by atoms with Crippen molar-refractivity contribution in [2.45, 2.75) is 30.6 Å². The number of rotatable bonds is 5. The predicted molar refractivity (Wildman–Crippen MR) is 116 cm³/mol. The second-order valence-corrected chi connectivity index (χ2v) is 8.31. The van der Waals surface area contributed by atoms with Gasteiger partial charge in [0.1, 0.15) is 0 Å². The average Bonchev–Trinajstić information content (AvgIpc) is 3.19. The third-order valence-corrected chi connectivity index (χ3v) is 6.65. The van der Waals surface area contributed by atoms with Gasteiger partial charge < -0.3 is 15.0 Å². The van der Waals surface area contributed by atoms with Crippen LogP contribution in [0.15, 0.2) is 34.5 Å². The van der Waals surface area contributed by atoms with E-state index in [4.69, 9.17) is 17.0 Å². The SMILES string of the molecule is CCOC(=O)c1csc(C2CCN(C(=S)Nc3ccccc3SC)CC2)n1. The molecule has 0 atom stereocenters. The first-order valence-electron chi connectivity index (χ1n) is 8.93. The molecule has 8 heteroatoms. The molecule has 2 heterocycles. The third kappa shape index (κ3) is 5.00. The summed E-state index contributed by atoms with van der Waals surface area (Å²) in [5.41, 5.74) is 1.47. The van der Waals surface area contributed by atoms with Crippen LogP contribution in [0.2, 0.25) is 0 Å². The Balaban J connectivity index is 1.55. The van der Waals surface area contributed by atoms with E-state index < -0.39 is 0 Å². The number of carbonyl (C=O) groups excluding carboxylic acids is 1. The van der Waals surface area contributed by atoms with E-state index in [0.717, 1.165) is 41.7 Å². The highest BCUT2D eigenvalue weighted by atomic mass is 32.2. The van der Waals surface area contributed by atoms with Gasteiger partial charge in [0, 0.05) is 29.3 Å². The number of benzene rings is 1. The molecule has 0 amide bonds. The second-order valence-electron chi connectivity index (χ2n) is 6.18. The van der Waals surface area contributed by atoms with Crippen molar-refractivity contribution in [1.82, 2.24) is 9.88 Å². The highest BCUT2D eigenvalue weighted by Crippen LogP contribution is 2.31. The minimum absolute atomic E-state index is 0.338. The molecule has 1 aliphatic rings. The van der Waals surface area contributed by atoms with Crippen LogP contribution in [0.4, 0.5) is 5.69 Å². The molecular weight excluding hydrogens is 398 g/mol. The third-order valence-electron chi connectivity index (χ3n) is 4.49. The van der Waals surface area contributed by atoms with Crippen molar-refractivity contribution in [2.75, 3.05) is 31.3 Å². The fourth-order valence-electron chi connectivity index (χ4n) is 3.05. The number of thioether (sulfide) groups is 1. The van der Waals surface area contributed by atoms with Crippen LogP contribution in [0.5, 0.6) is 0 Å². The average molecular weight is 422 g/mol. The molecule has 0 saturated carbocycles. The normalized spacial score (nSPS) is 14.8. The number of thiocarbonyl (C=S) groups is 1. The molecule has 0 aliphatic carbocycles. The van der Waals surface area contributed by atoms with Crippen molar-refractivity contribution in [3.8, 4) is 0 Å². The molecule has 1 aromatic carbocycles. The maximum absolute atomic E-state index is 11.8. The van der Waals surface area contributed by atoms with Gasteiger partial charge in [0.05, 0.1) is 17.3 Å². The lowest BCUT2D eigenvalue weighted by atomic mass is 9.98. The minimum Gasteiger partial charge on any atom is -0.461 e. The first kappa shape index (κ1) is 20.1. The molecule has 0 unspecified atom stereocenters. The zero-order valence-electron chi connectivity index (χ0n) is 15.4. The molecule has 27 heavy (non-hydrogen) atoms. The van der Waals surface area contributed by atoms with E-state index in [0.29, 0.717) is 18.2 Å². The number of ether oxygens (including phenoxy) is 1. The highest BCUT2D eigenvalue weighted by Gasteiger charge is 2.25.